The molecule has 0 bridgehead atoms. The van der Waals surface area contributed by atoms with Gasteiger partial charge in [0.2, 0.25) is 0 Å². The molecular formula is C16H16BrN3O5. The zero-order valence-electron chi connectivity index (χ0n) is 12.9. The van der Waals surface area contributed by atoms with Crippen LogP contribution in [0, 0.1) is 0 Å². The van der Waals surface area contributed by atoms with Gasteiger partial charge in [-0.1, -0.05) is 34.1 Å². The molecule has 0 radical (unpaired) electrons. The Morgan fingerprint density at radius 3 is 2.56 bits per heavy atom. The Kier molecular flexibility index (Phi) is 5.28. The summed E-state index contributed by atoms with van der Waals surface area (Å²) >= 11 is 3.18. The monoisotopic (exact) mass is 409 g/mol. The molecule has 0 unspecified atom stereocenters. The molecule has 1 saturated heterocycles. The van der Waals surface area contributed by atoms with E-state index in [9.17, 15) is 19.8 Å². The summed E-state index contributed by atoms with van der Waals surface area (Å²) < 4.78 is 6.56. The smallest absolute Gasteiger partial charge is 0.351 e. The van der Waals surface area contributed by atoms with Crippen molar-refractivity contribution in [3.8, 4) is 0 Å². The molecule has 0 saturated carbocycles. The zero-order chi connectivity index (χ0) is 18.0. The molecule has 3 N–H and O–H groups in total. The molecule has 1 amide bonds. The number of carbonyl (C=O) groups is 1. The molecule has 1 fully saturated rings. The molecule has 132 valence electrons. The van der Waals surface area contributed by atoms with Gasteiger partial charge in [-0.05, 0) is 18.2 Å². The highest BCUT2D eigenvalue weighted by Gasteiger charge is 2.43. The van der Waals surface area contributed by atoms with Crippen LogP contribution >= 0.6 is 15.9 Å². The van der Waals surface area contributed by atoms with Crippen LogP contribution in [0.15, 0.2) is 47.4 Å². The number of ether oxygens (including phenoxy) is 1. The highest BCUT2D eigenvalue weighted by atomic mass is 79.9. The van der Waals surface area contributed by atoms with Gasteiger partial charge in [-0.3, -0.25) is 9.36 Å². The van der Waals surface area contributed by atoms with Crippen molar-refractivity contribution in [3.05, 3.63) is 58.6 Å². The molecule has 2 heterocycles. The Bertz CT molecular complexity index is 813. The summed E-state index contributed by atoms with van der Waals surface area (Å²) in [7, 11) is 0. The van der Waals surface area contributed by atoms with Crippen LogP contribution in [0.1, 0.15) is 16.6 Å². The maximum absolute atomic E-state index is 12.2. The van der Waals surface area contributed by atoms with E-state index in [1.165, 1.54) is 12.3 Å². The molecule has 4 atom stereocenters. The van der Waals surface area contributed by atoms with Gasteiger partial charge in [0.05, 0.1) is 6.10 Å². The van der Waals surface area contributed by atoms with Gasteiger partial charge in [-0.2, -0.15) is 4.98 Å². The maximum atomic E-state index is 12.2. The number of benzene rings is 1. The van der Waals surface area contributed by atoms with E-state index in [2.05, 4.69) is 26.2 Å². The van der Waals surface area contributed by atoms with Crippen LogP contribution in [0.2, 0.25) is 0 Å². The molecule has 1 aromatic heterocycles. The van der Waals surface area contributed by atoms with Crippen molar-refractivity contribution < 1.29 is 19.7 Å². The van der Waals surface area contributed by atoms with Crippen molar-refractivity contribution in [1.29, 1.82) is 0 Å². The molecule has 2 aromatic rings. The summed E-state index contributed by atoms with van der Waals surface area (Å²) in [5.74, 6) is -0.308. The third-order valence-electron chi connectivity index (χ3n) is 3.87. The number of aliphatic hydroxyl groups is 2. The average Bonchev–Trinajstić information content (AvgIpc) is 2.91. The lowest BCUT2D eigenvalue weighted by Crippen LogP contribution is -2.35. The van der Waals surface area contributed by atoms with Gasteiger partial charge >= 0.3 is 5.69 Å². The van der Waals surface area contributed by atoms with Crippen LogP contribution in [0.25, 0.3) is 0 Å². The van der Waals surface area contributed by atoms with Crippen molar-refractivity contribution in [1.82, 2.24) is 9.55 Å². The van der Waals surface area contributed by atoms with Crippen LogP contribution in [-0.2, 0) is 4.74 Å². The van der Waals surface area contributed by atoms with Gasteiger partial charge in [0, 0.05) is 17.1 Å². The van der Waals surface area contributed by atoms with E-state index < -0.39 is 36.1 Å². The first-order chi connectivity index (χ1) is 12.0. The number of aromatic nitrogens is 2. The lowest BCUT2D eigenvalue weighted by molar-refractivity contribution is -0.0337. The first-order valence-electron chi connectivity index (χ1n) is 7.54. The Morgan fingerprint density at radius 1 is 1.24 bits per heavy atom. The zero-order valence-corrected chi connectivity index (χ0v) is 14.5. The first-order valence-corrected chi connectivity index (χ1v) is 8.66. The molecule has 8 nitrogen and oxygen atoms in total. The molecule has 1 aliphatic heterocycles. The fourth-order valence-corrected chi connectivity index (χ4v) is 3.08. The van der Waals surface area contributed by atoms with Gasteiger partial charge in [0.15, 0.2) is 6.23 Å². The fraction of sp³-hybridized carbons (Fsp3) is 0.312. The lowest BCUT2D eigenvalue weighted by Gasteiger charge is -2.17. The summed E-state index contributed by atoms with van der Waals surface area (Å²) in [5.41, 5.74) is -0.274. The van der Waals surface area contributed by atoms with Gasteiger partial charge in [-0.25, -0.2) is 4.79 Å². The van der Waals surface area contributed by atoms with E-state index in [1.807, 2.05) is 0 Å². The van der Waals surface area contributed by atoms with Crippen molar-refractivity contribution in [2.24, 2.45) is 0 Å². The van der Waals surface area contributed by atoms with E-state index in [1.54, 1.807) is 30.3 Å². The second-order valence-corrected chi connectivity index (χ2v) is 6.17. The van der Waals surface area contributed by atoms with E-state index >= 15 is 0 Å². The minimum Gasteiger partial charge on any atom is -0.387 e. The quantitative estimate of drug-likeness (QED) is 0.633. The van der Waals surface area contributed by atoms with Gasteiger partial charge < -0.3 is 20.3 Å². The van der Waals surface area contributed by atoms with Gasteiger partial charge in [0.25, 0.3) is 5.91 Å². The predicted octanol–water partition coefficient (Wildman–Crippen LogP) is 0.510. The van der Waals surface area contributed by atoms with Crippen LogP contribution in [0.4, 0.5) is 5.82 Å². The normalized spacial score (nSPS) is 25.7. The number of amides is 1. The van der Waals surface area contributed by atoms with Crippen LogP contribution in [0.5, 0.6) is 0 Å². The molecule has 3 rings (SSSR count). The number of alkyl halides is 1. The number of carbonyl (C=O) groups excluding carboxylic acids is 1. The molecule has 1 aliphatic rings. The van der Waals surface area contributed by atoms with Gasteiger partial charge in [-0.15, -0.1) is 0 Å². The molecule has 25 heavy (non-hydrogen) atoms. The molecule has 0 aliphatic carbocycles. The van der Waals surface area contributed by atoms with Crippen LogP contribution in [0.3, 0.4) is 0 Å². The van der Waals surface area contributed by atoms with Crippen molar-refractivity contribution in [2.75, 3.05) is 10.6 Å². The predicted molar refractivity (Wildman–Crippen MR) is 92.6 cm³/mol. The summed E-state index contributed by atoms with van der Waals surface area (Å²) in [5, 5.41) is 22.8. The lowest BCUT2D eigenvalue weighted by atomic mass is 10.1. The van der Waals surface area contributed by atoms with E-state index in [0.29, 0.717) is 10.9 Å². The number of halogens is 1. The van der Waals surface area contributed by atoms with Crippen LogP contribution < -0.4 is 11.0 Å². The third-order valence-corrected chi connectivity index (χ3v) is 4.51. The Hall–Kier alpha value is -2.07. The largest absolute Gasteiger partial charge is 0.387 e. The molecule has 1 aromatic carbocycles. The average molecular weight is 410 g/mol. The second kappa shape index (κ2) is 7.44. The highest BCUT2D eigenvalue weighted by molar-refractivity contribution is 9.09. The number of aliphatic hydroxyl groups excluding tert-OH is 2. The highest BCUT2D eigenvalue weighted by Crippen LogP contribution is 2.29. The Labute approximate surface area is 151 Å². The number of nitrogens with zero attached hydrogens (tertiary/aromatic N) is 2. The minimum atomic E-state index is -1.26. The van der Waals surface area contributed by atoms with E-state index in [4.69, 9.17) is 4.74 Å². The first kappa shape index (κ1) is 17.7. The number of rotatable bonds is 4. The van der Waals surface area contributed by atoms with E-state index in [-0.39, 0.29) is 5.82 Å². The van der Waals surface area contributed by atoms with Crippen molar-refractivity contribution in [3.63, 3.8) is 0 Å². The maximum Gasteiger partial charge on any atom is 0.351 e. The van der Waals surface area contributed by atoms with Crippen LogP contribution in [-0.4, -0.2) is 49.3 Å². The minimum absolute atomic E-state index is 0.0835. The topological polar surface area (TPSA) is 114 Å². The summed E-state index contributed by atoms with van der Waals surface area (Å²) in [4.78, 5) is 28.1. The summed E-state index contributed by atoms with van der Waals surface area (Å²) in [6.07, 6.45) is -2.70. The number of anilines is 1. The molecule has 9 heteroatoms. The second-order valence-electron chi connectivity index (χ2n) is 5.52. The Morgan fingerprint density at radius 2 is 1.96 bits per heavy atom. The molecule has 0 spiro atoms. The van der Waals surface area contributed by atoms with Crippen molar-refractivity contribution in [2.45, 2.75) is 24.5 Å². The summed E-state index contributed by atoms with van der Waals surface area (Å²) in [6, 6.07) is 9.95. The van der Waals surface area contributed by atoms with Gasteiger partial charge in [0.1, 0.15) is 18.0 Å². The third kappa shape index (κ3) is 3.64. The fourth-order valence-electron chi connectivity index (χ4n) is 2.54. The standard InChI is InChI=1S/C16H16BrN3O5/c17-8-10-12(21)13(22)15(25-10)20-7-6-11(19-16(20)24)18-14(23)9-4-2-1-3-5-9/h1-7,10,12-13,15,21-22H,8H2,(H,18,19,23,24)/t10-,12-,13-,15-/m1/s1. The summed E-state index contributed by atoms with van der Waals surface area (Å²) in [6.45, 7) is 0. The number of hydrogen-bond donors (Lipinski definition) is 3. The SMILES string of the molecule is O=C(Nc1ccn([C@@H]2O[C@H](CBr)[C@@H](O)[C@H]2O)c(=O)n1)c1ccccc1. The Balaban J connectivity index is 1.78. The van der Waals surface area contributed by atoms with Crippen molar-refractivity contribution >= 4 is 27.7 Å². The molecular weight excluding hydrogens is 394 g/mol. The number of hydrogen-bond acceptors (Lipinski definition) is 6. The number of nitrogens with one attached hydrogen (secondary N) is 1. The van der Waals surface area contributed by atoms with E-state index in [0.717, 1.165) is 4.57 Å².